The minimum absolute atomic E-state index is 0.0981. The number of piperazine rings is 1. The largest absolute Gasteiger partial charge is 0.339 e. The fourth-order valence-corrected chi connectivity index (χ4v) is 3.94. The molecule has 1 amide bonds. The number of imidazole rings is 1. The first-order valence-corrected chi connectivity index (χ1v) is 9.37. The zero-order valence-corrected chi connectivity index (χ0v) is 15.3. The van der Waals surface area contributed by atoms with E-state index in [1.165, 1.54) is 0 Å². The van der Waals surface area contributed by atoms with Gasteiger partial charge >= 0.3 is 0 Å². The third-order valence-corrected chi connectivity index (χ3v) is 5.42. The first-order chi connectivity index (χ1) is 11.6. The normalized spacial score (nSPS) is 24.1. The number of nitrogens with zero attached hydrogens (tertiary/aromatic N) is 5. The highest BCUT2D eigenvalue weighted by Gasteiger charge is 2.35. The van der Waals surface area contributed by atoms with Crippen LogP contribution in [0.3, 0.4) is 0 Å². The van der Waals surface area contributed by atoms with Crippen LogP contribution in [0.4, 0.5) is 0 Å². The third kappa shape index (κ3) is 3.64. The molecule has 2 fully saturated rings. The Morgan fingerprint density at radius 1 is 1.21 bits per heavy atom. The average Bonchev–Trinajstić information content (AvgIpc) is 3.03. The van der Waals surface area contributed by atoms with Gasteiger partial charge in [-0.15, -0.1) is 0 Å². The summed E-state index contributed by atoms with van der Waals surface area (Å²) in [5.74, 6) is 1.48. The van der Waals surface area contributed by atoms with Crippen LogP contribution in [0.2, 0.25) is 0 Å². The van der Waals surface area contributed by atoms with Crippen molar-refractivity contribution in [2.45, 2.75) is 58.8 Å². The summed E-state index contributed by atoms with van der Waals surface area (Å²) in [4.78, 5) is 24.1. The summed E-state index contributed by atoms with van der Waals surface area (Å²) in [6, 6.07) is 0.412. The molecule has 2 aliphatic rings. The number of carbonyl (C=O) groups excluding carboxylic acids is 1. The lowest BCUT2D eigenvalue weighted by molar-refractivity contribution is -0.143. The van der Waals surface area contributed by atoms with Gasteiger partial charge in [0.1, 0.15) is 5.82 Å². The highest BCUT2D eigenvalue weighted by Crippen LogP contribution is 2.21. The van der Waals surface area contributed by atoms with Crippen molar-refractivity contribution in [1.29, 1.82) is 0 Å². The minimum atomic E-state index is 0.0981. The monoisotopic (exact) mass is 333 g/mol. The Bertz CT molecular complexity index is 547. The lowest BCUT2D eigenvalue weighted by atomic mass is 10.0. The first-order valence-electron chi connectivity index (χ1n) is 9.37. The van der Waals surface area contributed by atoms with E-state index in [1.807, 2.05) is 12.4 Å². The van der Waals surface area contributed by atoms with Crippen LogP contribution in [0.25, 0.3) is 0 Å². The summed E-state index contributed by atoms with van der Waals surface area (Å²) in [5.41, 5.74) is 0. The van der Waals surface area contributed by atoms with E-state index in [4.69, 9.17) is 0 Å². The highest BCUT2D eigenvalue weighted by molar-refractivity contribution is 5.82. The maximum Gasteiger partial charge on any atom is 0.240 e. The fourth-order valence-electron chi connectivity index (χ4n) is 3.94. The molecule has 1 aromatic heterocycles. The predicted octanol–water partition coefficient (Wildman–Crippen LogP) is 1.42. The van der Waals surface area contributed by atoms with Gasteiger partial charge in [-0.2, -0.15) is 0 Å². The van der Waals surface area contributed by atoms with Gasteiger partial charge in [-0.25, -0.2) is 4.98 Å². The van der Waals surface area contributed by atoms with Crippen molar-refractivity contribution < 1.29 is 4.79 Å². The van der Waals surface area contributed by atoms with E-state index in [2.05, 4.69) is 45.0 Å². The molecule has 6 nitrogen and oxygen atoms in total. The molecule has 0 bridgehead atoms. The summed E-state index contributed by atoms with van der Waals surface area (Å²) in [6.45, 7) is 13.2. The standard InChI is InChI=1S/C18H31N5O/c1-4-21-9-7-19-17(21)14-20-10-12-22(13-11-20)16-6-5-8-23(15(2)3)18(16)24/h7,9,15-16H,4-6,8,10-14H2,1-3H3/t16-/m1/s1. The molecule has 1 atom stereocenters. The topological polar surface area (TPSA) is 44.6 Å². The summed E-state index contributed by atoms with van der Waals surface area (Å²) < 4.78 is 2.21. The molecular weight excluding hydrogens is 302 g/mol. The van der Waals surface area contributed by atoms with Crippen molar-refractivity contribution in [2.24, 2.45) is 0 Å². The average molecular weight is 333 g/mol. The van der Waals surface area contributed by atoms with Crippen LogP contribution < -0.4 is 0 Å². The number of hydrogen-bond acceptors (Lipinski definition) is 4. The van der Waals surface area contributed by atoms with Gasteiger partial charge in [0, 0.05) is 57.7 Å². The van der Waals surface area contributed by atoms with Gasteiger partial charge in [0.2, 0.25) is 5.91 Å². The maximum atomic E-state index is 12.7. The smallest absolute Gasteiger partial charge is 0.240 e. The number of aryl methyl sites for hydroxylation is 1. The van der Waals surface area contributed by atoms with Gasteiger partial charge in [-0.1, -0.05) is 0 Å². The van der Waals surface area contributed by atoms with Gasteiger partial charge < -0.3 is 9.47 Å². The van der Waals surface area contributed by atoms with Gasteiger partial charge in [-0.05, 0) is 33.6 Å². The van der Waals surface area contributed by atoms with Crippen LogP contribution in [0.5, 0.6) is 0 Å². The molecule has 0 saturated carbocycles. The number of rotatable bonds is 5. The maximum absolute atomic E-state index is 12.7. The molecule has 6 heteroatoms. The van der Waals surface area contributed by atoms with Crippen molar-refractivity contribution in [3.63, 3.8) is 0 Å². The second kappa shape index (κ2) is 7.66. The second-order valence-electron chi connectivity index (χ2n) is 7.23. The minimum Gasteiger partial charge on any atom is -0.339 e. The van der Waals surface area contributed by atoms with Gasteiger partial charge in [0.25, 0.3) is 0 Å². The van der Waals surface area contributed by atoms with Gasteiger partial charge in [0.15, 0.2) is 0 Å². The Morgan fingerprint density at radius 2 is 1.96 bits per heavy atom. The van der Waals surface area contributed by atoms with Crippen molar-refractivity contribution in [3.05, 3.63) is 18.2 Å². The van der Waals surface area contributed by atoms with Crippen molar-refractivity contribution in [3.8, 4) is 0 Å². The van der Waals surface area contributed by atoms with Crippen LogP contribution in [0, 0.1) is 0 Å². The first kappa shape index (κ1) is 17.4. The summed E-state index contributed by atoms with van der Waals surface area (Å²) >= 11 is 0. The highest BCUT2D eigenvalue weighted by atomic mass is 16.2. The van der Waals surface area contributed by atoms with Gasteiger partial charge in [0.05, 0.1) is 12.6 Å². The molecule has 24 heavy (non-hydrogen) atoms. The van der Waals surface area contributed by atoms with E-state index in [1.54, 1.807) is 0 Å². The molecule has 0 N–H and O–H groups in total. The second-order valence-corrected chi connectivity index (χ2v) is 7.23. The SMILES string of the molecule is CCn1ccnc1CN1CCN([C@@H]2CCCN(C(C)C)C2=O)CC1. The molecule has 0 unspecified atom stereocenters. The van der Waals surface area contributed by atoms with E-state index in [9.17, 15) is 4.79 Å². The van der Waals surface area contributed by atoms with E-state index in [-0.39, 0.29) is 6.04 Å². The Labute approximate surface area is 145 Å². The molecule has 3 heterocycles. The predicted molar refractivity (Wildman–Crippen MR) is 94.6 cm³/mol. The van der Waals surface area contributed by atoms with Crippen LogP contribution in [-0.4, -0.2) is 75.0 Å². The molecule has 0 aliphatic carbocycles. The Morgan fingerprint density at radius 3 is 2.62 bits per heavy atom. The summed E-state index contributed by atoms with van der Waals surface area (Å²) in [5, 5.41) is 0. The Balaban J connectivity index is 1.54. The zero-order valence-electron chi connectivity index (χ0n) is 15.3. The molecule has 2 saturated heterocycles. The number of amides is 1. The van der Waals surface area contributed by atoms with Crippen molar-refractivity contribution in [2.75, 3.05) is 32.7 Å². The van der Waals surface area contributed by atoms with E-state index >= 15 is 0 Å². The van der Waals surface area contributed by atoms with Crippen molar-refractivity contribution >= 4 is 5.91 Å². The van der Waals surface area contributed by atoms with E-state index in [0.717, 1.165) is 64.5 Å². The quantitative estimate of drug-likeness (QED) is 0.817. The van der Waals surface area contributed by atoms with Crippen LogP contribution in [-0.2, 0) is 17.9 Å². The van der Waals surface area contributed by atoms with E-state index < -0.39 is 0 Å². The number of likely N-dealkylation sites (tertiary alicyclic amines) is 1. The zero-order chi connectivity index (χ0) is 17.1. The molecular formula is C18H31N5O. The molecule has 1 aromatic rings. The van der Waals surface area contributed by atoms with Crippen LogP contribution >= 0.6 is 0 Å². The molecule has 0 aromatic carbocycles. The summed E-state index contributed by atoms with van der Waals surface area (Å²) in [7, 11) is 0. The Kier molecular flexibility index (Phi) is 5.56. The van der Waals surface area contributed by atoms with Crippen LogP contribution in [0.15, 0.2) is 12.4 Å². The van der Waals surface area contributed by atoms with Gasteiger partial charge in [-0.3, -0.25) is 14.6 Å². The fraction of sp³-hybridized carbons (Fsp3) is 0.778. The van der Waals surface area contributed by atoms with Crippen LogP contribution in [0.1, 0.15) is 39.4 Å². The lowest BCUT2D eigenvalue weighted by Crippen LogP contribution is -2.58. The number of aromatic nitrogens is 2. The third-order valence-electron chi connectivity index (χ3n) is 5.42. The lowest BCUT2D eigenvalue weighted by Gasteiger charge is -2.43. The van der Waals surface area contributed by atoms with E-state index in [0.29, 0.717) is 11.9 Å². The molecule has 0 radical (unpaired) electrons. The molecule has 3 rings (SSSR count). The number of piperidine rings is 1. The van der Waals surface area contributed by atoms with Crippen molar-refractivity contribution in [1.82, 2.24) is 24.3 Å². The molecule has 0 spiro atoms. The number of hydrogen-bond donors (Lipinski definition) is 0. The molecule has 134 valence electrons. The Hall–Kier alpha value is -1.40. The number of carbonyl (C=O) groups is 1. The summed E-state index contributed by atoms with van der Waals surface area (Å²) in [6.07, 6.45) is 6.08. The molecule has 2 aliphatic heterocycles.